The summed E-state index contributed by atoms with van der Waals surface area (Å²) in [5.74, 6) is -0.668. The maximum absolute atomic E-state index is 12.8. The van der Waals surface area contributed by atoms with Crippen molar-refractivity contribution in [2.75, 3.05) is 12.9 Å². The zero-order valence-corrected chi connectivity index (χ0v) is 21.5. The highest BCUT2D eigenvalue weighted by Gasteiger charge is 2.48. The third kappa shape index (κ3) is 5.97. The first-order valence-electron chi connectivity index (χ1n) is 11.3. The molecule has 2 rings (SSSR count). The Morgan fingerprint density at radius 3 is 2.13 bits per heavy atom. The monoisotopic (exact) mass is 470 g/mol. The van der Waals surface area contributed by atoms with Crippen molar-refractivity contribution in [1.82, 2.24) is 0 Å². The Bertz CT molecular complexity index is 800. The standard InChI is InChI=1S/C23H38O6SSi/c1-7-31(8-2,9-3)29-21-17(4)20(28-22(18(21)5)23(24)27-6)15-16-30(25,26)19-13-11-10-12-14-19/h10-14,17-18,20-22H,7-9,15-16H2,1-6H3/t17?,18?,20?,21-,22?/m1/s1. The third-order valence-electron chi connectivity index (χ3n) is 6.95. The maximum atomic E-state index is 12.8. The lowest BCUT2D eigenvalue weighted by molar-refractivity contribution is -0.190. The molecule has 1 fully saturated rings. The number of ether oxygens (including phenoxy) is 2. The van der Waals surface area contributed by atoms with Crippen LogP contribution in [0.2, 0.25) is 18.1 Å². The summed E-state index contributed by atoms with van der Waals surface area (Å²) in [5, 5.41) is 0. The van der Waals surface area contributed by atoms with E-state index in [9.17, 15) is 13.2 Å². The highest BCUT2D eigenvalue weighted by molar-refractivity contribution is 7.91. The Balaban J connectivity index is 2.26. The lowest BCUT2D eigenvalue weighted by Crippen LogP contribution is -2.56. The van der Waals surface area contributed by atoms with Gasteiger partial charge < -0.3 is 13.9 Å². The molecule has 1 heterocycles. The minimum atomic E-state index is -3.43. The minimum Gasteiger partial charge on any atom is -0.467 e. The van der Waals surface area contributed by atoms with Gasteiger partial charge in [-0.25, -0.2) is 13.2 Å². The van der Waals surface area contributed by atoms with Crippen LogP contribution in [0.1, 0.15) is 41.0 Å². The number of esters is 1. The molecule has 176 valence electrons. The first-order chi connectivity index (χ1) is 14.6. The SMILES string of the molecule is CC[Si](CC)(CC)O[C@@H]1C(C)C(CCS(=O)(=O)c2ccccc2)OC(C(=O)OC)C1C. The fourth-order valence-electron chi connectivity index (χ4n) is 4.54. The van der Waals surface area contributed by atoms with Crippen molar-refractivity contribution in [3.05, 3.63) is 30.3 Å². The van der Waals surface area contributed by atoms with Crippen molar-refractivity contribution in [2.45, 2.75) is 82.4 Å². The first-order valence-corrected chi connectivity index (χ1v) is 15.5. The topological polar surface area (TPSA) is 78.9 Å². The molecule has 1 aromatic rings. The van der Waals surface area contributed by atoms with Gasteiger partial charge >= 0.3 is 5.97 Å². The van der Waals surface area contributed by atoms with Crippen LogP contribution in [0.15, 0.2) is 35.2 Å². The zero-order chi connectivity index (χ0) is 23.2. The maximum Gasteiger partial charge on any atom is 0.335 e. The zero-order valence-electron chi connectivity index (χ0n) is 19.7. The van der Waals surface area contributed by atoms with Gasteiger partial charge in [0.25, 0.3) is 0 Å². The summed E-state index contributed by atoms with van der Waals surface area (Å²) >= 11 is 0. The molecule has 0 aliphatic carbocycles. The molecule has 0 radical (unpaired) electrons. The van der Waals surface area contributed by atoms with Crippen molar-refractivity contribution in [3.8, 4) is 0 Å². The van der Waals surface area contributed by atoms with Crippen molar-refractivity contribution >= 4 is 24.1 Å². The summed E-state index contributed by atoms with van der Waals surface area (Å²) in [6.07, 6.45) is -1.03. The largest absolute Gasteiger partial charge is 0.467 e. The van der Waals surface area contributed by atoms with Crippen LogP contribution in [0.3, 0.4) is 0 Å². The average molecular weight is 471 g/mol. The summed E-state index contributed by atoms with van der Waals surface area (Å²) in [6, 6.07) is 11.5. The number of methoxy groups -OCH3 is 1. The quantitative estimate of drug-likeness (QED) is 0.371. The van der Waals surface area contributed by atoms with Gasteiger partial charge in [-0.2, -0.15) is 0 Å². The lowest BCUT2D eigenvalue weighted by atomic mass is 9.82. The number of hydrogen-bond acceptors (Lipinski definition) is 6. The van der Waals surface area contributed by atoms with Crippen LogP contribution in [-0.4, -0.2) is 53.9 Å². The Morgan fingerprint density at radius 1 is 1.03 bits per heavy atom. The van der Waals surface area contributed by atoms with Crippen LogP contribution in [-0.2, 0) is 28.5 Å². The van der Waals surface area contributed by atoms with E-state index in [0.29, 0.717) is 11.3 Å². The Hall–Kier alpha value is -1.22. The van der Waals surface area contributed by atoms with E-state index < -0.39 is 36.3 Å². The van der Waals surface area contributed by atoms with Crippen LogP contribution in [0.25, 0.3) is 0 Å². The number of carbonyl (C=O) groups is 1. The average Bonchev–Trinajstić information content (AvgIpc) is 2.79. The van der Waals surface area contributed by atoms with E-state index in [1.165, 1.54) is 7.11 Å². The van der Waals surface area contributed by atoms with E-state index >= 15 is 0 Å². The van der Waals surface area contributed by atoms with Gasteiger partial charge in [-0.15, -0.1) is 0 Å². The van der Waals surface area contributed by atoms with Crippen LogP contribution < -0.4 is 0 Å². The van der Waals surface area contributed by atoms with Crippen LogP contribution >= 0.6 is 0 Å². The molecular formula is C23H38O6SSi. The Kier molecular flexibility index (Phi) is 9.30. The smallest absolute Gasteiger partial charge is 0.335 e. The van der Waals surface area contributed by atoms with Gasteiger partial charge in [-0.05, 0) is 36.7 Å². The van der Waals surface area contributed by atoms with E-state index in [4.69, 9.17) is 13.9 Å². The first kappa shape index (κ1) is 26.0. The molecule has 0 aromatic heterocycles. The molecule has 5 atom stereocenters. The fraction of sp³-hybridized carbons (Fsp3) is 0.696. The molecule has 0 spiro atoms. The second kappa shape index (κ2) is 11.1. The molecule has 1 saturated heterocycles. The molecule has 1 aliphatic heterocycles. The van der Waals surface area contributed by atoms with Crippen molar-refractivity contribution in [2.24, 2.45) is 11.8 Å². The number of hydrogen-bond donors (Lipinski definition) is 0. The van der Waals surface area contributed by atoms with Gasteiger partial charge in [0.05, 0.1) is 30.0 Å². The van der Waals surface area contributed by atoms with Gasteiger partial charge in [0.2, 0.25) is 0 Å². The number of rotatable bonds is 10. The molecule has 0 amide bonds. The molecule has 0 bridgehead atoms. The highest BCUT2D eigenvalue weighted by atomic mass is 32.2. The summed E-state index contributed by atoms with van der Waals surface area (Å²) in [6.45, 7) is 10.6. The van der Waals surface area contributed by atoms with E-state index in [-0.39, 0.29) is 23.7 Å². The van der Waals surface area contributed by atoms with Gasteiger partial charge in [-0.3, -0.25) is 0 Å². The van der Waals surface area contributed by atoms with Crippen molar-refractivity contribution < 1.29 is 27.1 Å². The second-order valence-corrected chi connectivity index (χ2v) is 15.4. The minimum absolute atomic E-state index is 0.0293. The lowest BCUT2D eigenvalue weighted by Gasteiger charge is -2.47. The van der Waals surface area contributed by atoms with E-state index in [0.717, 1.165) is 18.1 Å². The van der Waals surface area contributed by atoms with Crippen LogP contribution in [0, 0.1) is 11.8 Å². The van der Waals surface area contributed by atoms with Gasteiger partial charge in [0.1, 0.15) is 0 Å². The Morgan fingerprint density at radius 2 is 1.61 bits per heavy atom. The van der Waals surface area contributed by atoms with Gasteiger partial charge in [0.15, 0.2) is 24.3 Å². The van der Waals surface area contributed by atoms with Crippen LogP contribution in [0.5, 0.6) is 0 Å². The van der Waals surface area contributed by atoms with Crippen molar-refractivity contribution in [3.63, 3.8) is 0 Å². The third-order valence-corrected chi connectivity index (χ3v) is 13.3. The van der Waals surface area contributed by atoms with E-state index in [2.05, 4.69) is 27.7 Å². The molecule has 8 heteroatoms. The predicted octanol–water partition coefficient (Wildman–Crippen LogP) is 4.45. The van der Waals surface area contributed by atoms with Gasteiger partial charge in [0, 0.05) is 11.8 Å². The number of benzene rings is 1. The predicted molar refractivity (Wildman–Crippen MR) is 124 cm³/mol. The normalized spacial score (nSPS) is 27.1. The van der Waals surface area contributed by atoms with E-state index in [1.54, 1.807) is 30.3 Å². The Labute approximate surface area is 188 Å². The second-order valence-electron chi connectivity index (χ2n) is 8.58. The number of sulfone groups is 1. The van der Waals surface area contributed by atoms with Gasteiger partial charge in [-0.1, -0.05) is 52.8 Å². The highest BCUT2D eigenvalue weighted by Crippen LogP contribution is 2.38. The summed E-state index contributed by atoms with van der Waals surface area (Å²) < 4.78 is 43.5. The molecule has 1 aromatic carbocycles. The van der Waals surface area contributed by atoms with Crippen LogP contribution in [0.4, 0.5) is 0 Å². The summed E-state index contributed by atoms with van der Waals surface area (Å²) in [7, 11) is -4.01. The van der Waals surface area contributed by atoms with Crippen molar-refractivity contribution in [1.29, 1.82) is 0 Å². The molecule has 4 unspecified atom stereocenters. The molecule has 0 saturated carbocycles. The molecule has 6 nitrogen and oxygen atoms in total. The molecular weight excluding hydrogens is 432 g/mol. The summed E-state index contributed by atoms with van der Waals surface area (Å²) in [4.78, 5) is 12.8. The molecule has 0 N–H and O–H groups in total. The fourth-order valence-corrected chi connectivity index (χ4v) is 8.89. The van der Waals surface area contributed by atoms with E-state index in [1.807, 2.05) is 6.92 Å². The summed E-state index contributed by atoms with van der Waals surface area (Å²) in [5.41, 5.74) is 0. The number of carbonyl (C=O) groups excluding carboxylic acids is 1. The molecule has 1 aliphatic rings. The molecule has 31 heavy (non-hydrogen) atoms.